The Morgan fingerprint density at radius 3 is 1.89 bits per heavy atom. The number of hydrogen-bond donors (Lipinski definition) is 0. The van der Waals surface area contributed by atoms with Gasteiger partial charge in [0.25, 0.3) is 0 Å². The molecule has 0 bridgehead atoms. The van der Waals surface area contributed by atoms with Crippen LogP contribution in [-0.2, 0) is 19.0 Å². The summed E-state index contributed by atoms with van der Waals surface area (Å²) in [5, 5.41) is 0. The highest BCUT2D eigenvalue weighted by molar-refractivity contribution is 5.56. The van der Waals surface area contributed by atoms with Crippen molar-refractivity contribution in [2.45, 2.75) is 31.9 Å². The third kappa shape index (κ3) is 5.70. The number of aromatic nitrogens is 3. The van der Waals surface area contributed by atoms with Crippen molar-refractivity contribution < 1.29 is 17.6 Å². The summed E-state index contributed by atoms with van der Waals surface area (Å²) < 4.78 is 53.3. The lowest BCUT2D eigenvalue weighted by atomic mass is 10.1. The predicted octanol–water partition coefficient (Wildman–Crippen LogP) is 6.48. The van der Waals surface area contributed by atoms with E-state index in [4.69, 9.17) is 0 Å². The zero-order valence-electron chi connectivity index (χ0n) is 19.5. The molecule has 4 nitrogen and oxygen atoms in total. The summed E-state index contributed by atoms with van der Waals surface area (Å²) >= 11 is 0. The molecule has 1 aliphatic rings. The third-order valence-electron chi connectivity index (χ3n) is 6.22. The molecule has 0 atom stereocenters. The quantitative estimate of drug-likeness (QED) is 0.289. The van der Waals surface area contributed by atoms with Crippen LogP contribution >= 0.6 is 0 Å². The van der Waals surface area contributed by atoms with Crippen LogP contribution in [0.25, 0.3) is 11.4 Å². The van der Waals surface area contributed by atoms with E-state index in [-0.39, 0.29) is 17.2 Å². The summed E-state index contributed by atoms with van der Waals surface area (Å²) in [5.41, 5.74) is 2.46. The van der Waals surface area contributed by atoms with E-state index >= 15 is 0 Å². The number of nitrogens with zero attached hydrogens (tertiary/aromatic N) is 4. The van der Waals surface area contributed by atoms with Crippen molar-refractivity contribution in [1.82, 2.24) is 15.0 Å². The van der Waals surface area contributed by atoms with Crippen molar-refractivity contribution in [3.05, 3.63) is 107 Å². The highest BCUT2D eigenvalue weighted by Gasteiger charge is 2.30. The van der Waals surface area contributed by atoms with Crippen LogP contribution in [0, 0.1) is 5.82 Å². The average Bonchev–Trinajstić information content (AvgIpc) is 3.41. The van der Waals surface area contributed by atoms with E-state index in [1.807, 2.05) is 12.1 Å². The van der Waals surface area contributed by atoms with E-state index < -0.39 is 11.7 Å². The first kappa shape index (κ1) is 23.9. The Morgan fingerprint density at radius 2 is 1.31 bits per heavy atom. The van der Waals surface area contributed by atoms with E-state index in [1.54, 1.807) is 18.2 Å². The Balaban J connectivity index is 1.47. The maximum atomic E-state index is 13.3. The number of hydrogen-bond acceptors (Lipinski definition) is 4. The van der Waals surface area contributed by atoms with Crippen LogP contribution in [0.3, 0.4) is 0 Å². The number of halogens is 4. The van der Waals surface area contributed by atoms with Gasteiger partial charge in [0.15, 0.2) is 5.82 Å². The van der Waals surface area contributed by atoms with Gasteiger partial charge in [-0.2, -0.15) is 13.2 Å². The second-order valence-electron chi connectivity index (χ2n) is 8.91. The number of anilines is 1. The topological polar surface area (TPSA) is 41.9 Å². The maximum Gasteiger partial charge on any atom is 0.416 e. The number of benzene rings is 3. The van der Waals surface area contributed by atoms with Crippen molar-refractivity contribution in [3.63, 3.8) is 0 Å². The molecule has 2 heterocycles. The van der Waals surface area contributed by atoms with Gasteiger partial charge in [-0.15, -0.1) is 0 Å². The van der Waals surface area contributed by atoms with Crippen molar-refractivity contribution in [2.24, 2.45) is 0 Å². The van der Waals surface area contributed by atoms with E-state index in [0.717, 1.165) is 36.3 Å². The molecule has 184 valence electrons. The molecule has 0 saturated carbocycles. The smallest absolute Gasteiger partial charge is 0.372 e. The summed E-state index contributed by atoms with van der Waals surface area (Å²) in [6, 6.07) is 19.2. The first-order valence-electron chi connectivity index (χ1n) is 11.8. The molecule has 8 heteroatoms. The lowest BCUT2D eigenvalue weighted by molar-refractivity contribution is -0.137. The Labute approximate surface area is 206 Å². The van der Waals surface area contributed by atoms with Crippen LogP contribution in [0.1, 0.15) is 41.2 Å². The minimum absolute atomic E-state index is 0.178. The third-order valence-corrected chi connectivity index (χ3v) is 6.22. The van der Waals surface area contributed by atoms with Gasteiger partial charge in [0.05, 0.1) is 5.56 Å². The molecule has 1 fully saturated rings. The Bertz CT molecular complexity index is 1330. The van der Waals surface area contributed by atoms with E-state index in [2.05, 4.69) is 32.0 Å². The minimum Gasteiger partial charge on any atom is -0.372 e. The van der Waals surface area contributed by atoms with Gasteiger partial charge >= 0.3 is 6.18 Å². The molecular weight excluding hydrogens is 468 g/mol. The molecule has 0 N–H and O–H groups in total. The van der Waals surface area contributed by atoms with Gasteiger partial charge in [0.1, 0.15) is 17.5 Å². The van der Waals surface area contributed by atoms with Crippen LogP contribution < -0.4 is 4.90 Å². The summed E-state index contributed by atoms with van der Waals surface area (Å²) in [4.78, 5) is 15.9. The van der Waals surface area contributed by atoms with Crippen molar-refractivity contribution in [2.75, 3.05) is 18.0 Å². The van der Waals surface area contributed by atoms with E-state index in [1.165, 1.54) is 36.7 Å². The first-order chi connectivity index (χ1) is 17.3. The fraction of sp³-hybridized carbons (Fsp3) is 0.250. The standard InChI is InChI=1S/C28H24F4N4/c29-23-10-6-19(7-11-23)16-25-33-26(17-20-8-12-24(13-9-20)36-14-1-2-15-36)35-27(34-25)21-4-3-5-22(18-21)28(30,31)32/h3-13,18H,1-2,14-17H2. The molecule has 5 rings (SSSR count). The summed E-state index contributed by atoms with van der Waals surface area (Å²) in [6.45, 7) is 2.11. The maximum absolute atomic E-state index is 13.3. The molecule has 3 aromatic carbocycles. The fourth-order valence-corrected chi connectivity index (χ4v) is 4.36. The van der Waals surface area contributed by atoms with Crippen LogP contribution in [0.5, 0.6) is 0 Å². The number of rotatable bonds is 6. The van der Waals surface area contributed by atoms with Gasteiger partial charge < -0.3 is 4.90 Å². The van der Waals surface area contributed by atoms with Crippen LogP contribution in [0.15, 0.2) is 72.8 Å². The first-order valence-corrected chi connectivity index (χ1v) is 11.8. The molecule has 1 aliphatic heterocycles. The summed E-state index contributed by atoms with van der Waals surface area (Å²) in [7, 11) is 0. The van der Waals surface area contributed by atoms with Gasteiger partial charge in [-0.1, -0.05) is 36.4 Å². The molecule has 36 heavy (non-hydrogen) atoms. The van der Waals surface area contributed by atoms with E-state index in [0.29, 0.717) is 24.5 Å². The van der Waals surface area contributed by atoms with Gasteiger partial charge in [0.2, 0.25) is 0 Å². The molecule has 0 unspecified atom stereocenters. The molecule has 1 aromatic heterocycles. The molecule has 4 aromatic rings. The Hall–Kier alpha value is -3.81. The molecule has 0 spiro atoms. The molecule has 0 aliphatic carbocycles. The fourth-order valence-electron chi connectivity index (χ4n) is 4.36. The van der Waals surface area contributed by atoms with Gasteiger partial charge in [-0.05, 0) is 60.4 Å². The SMILES string of the molecule is Fc1ccc(Cc2nc(Cc3ccc(N4CCCC4)cc3)nc(-c3cccc(C(F)(F)F)c3)n2)cc1. The van der Waals surface area contributed by atoms with Crippen LogP contribution in [-0.4, -0.2) is 28.0 Å². The second-order valence-corrected chi connectivity index (χ2v) is 8.91. The zero-order chi connectivity index (χ0) is 25.1. The lowest BCUT2D eigenvalue weighted by Gasteiger charge is -2.17. The second kappa shape index (κ2) is 10.0. The summed E-state index contributed by atoms with van der Waals surface area (Å²) in [6.07, 6.45) is -1.37. The molecule has 0 radical (unpaired) electrons. The van der Waals surface area contributed by atoms with Crippen molar-refractivity contribution >= 4 is 5.69 Å². The summed E-state index contributed by atoms with van der Waals surface area (Å²) in [5.74, 6) is 0.699. The average molecular weight is 493 g/mol. The largest absolute Gasteiger partial charge is 0.416 e. The molecular formula is C28H24F4N4. The predicted molar refractivity (Wildman–Crippen MR) is 130 cm³/mol. The van der Waals surface area contributed by atoms with Crippen LogP contribution in [0.4, 0.5) is 23.2 Å². The molecule has 1 saturated heterocycles. The lowest BCUT2D eigenvalue weighted by Crippen LogP contribution is -2.17. The zero-order valence-corrected chi connectivity index (χ0v) is 19.5. The minimum atomic E-state index is -4.47. The Morgan fingerprint density at radius 1 is 0.722 bits per heavy atom. The van der Waals surface area contributed by atoms with Crippen LogP contribution in [0.2, 0.25) is 0 Å². The molecule has 0 amide bonds. The Kier molecular flexibility index (Phi) is 6.67. The highest BCUT2D eigenvalue weighted by Crippen LogP contribution is 2.31. The number of alkyl halides is 3. The van der Waals surface area contributed by atoms with E-state index in [9.17, 15) is 17.6 Å². The van der Waals surface area contributed by atoms with Gasteiger partial charge in [-0.25, -0.2) is 19.3 Å². The monoisotopic (exact) mass is 492 g/mol. The van der Waals surface area contributed by atoms with Crippen molar-refractivity contribution in [3.8, 4) is 11.4 Å². The van der Waals surface area contributed by atoms with Gasteiger partial charge in [-0.3, -0.25) is 0 Å². The normalized spacial score (nSPS) is 13.8. The van der Waals surface area contributed by atoms with Crippen molar-refractivity contribution in [1.29, 1.82) is 0 Å². The van der Waals surface area contributed by atoms with Gasteiger partial charge in [0, 0.05) is 37.2 Å². The highest BCUT2D eigenvalue weighted by atomic mass is 19.4.